The van der Waals surface area contributed by atoms with Gasteiger partial charge in [-0.2, -0.15) is 0 Å². The van der Waals surface area contributed by atoms with Crippen molar-refractivity contribution in [3.8, 4) is 0 Å². The summed E-state index contributed by atoms with van der Waals surface area (Å²) in [6.07, 6.45) is 7.77. The van der Waals surface area contributed by atoms with Crippen molar-refractivity contribution in [2.75, 3.05) is 0 Å². The summed E-state index contributed by atoms with van der Waals surface area (Å²) in [7, 11) is 0. The lowest BCUT2D eigenvalue weighted by atomic mass is 9.79. The van der Waals surface area contributed by atoms with Gasteiger partial charge < -0.3 is 5.73 Å². The summed E-state index contributed by atoms with van der Waals surface area (Å²) in [6, 6.07) is 0. The van der Waals surface area contributed by atoms with Gasteiger partial charge in [0.1, 0.15) is 0 Å². The fourth-order valence-electron chi connectivity index (χ4n) is 1.37. The third-order valence-electron chi connectivity index (χ3n) is 2.37. The van der Waals surface area contributed by atoms with Crippen LogP contribution in [-0.2, 0) is 0 Å². The molecule has 0 heterocycles. The van der Waals surface area contributed by atoms with Crippen molar-refractivity contribution >= 4 is 0 Å². The molecule has 0 radical (unpaired) electrons. The molecule has 0 aliphatic heterocycles. The molecule has 0 saturated heterocycles. The van der Waals surface area contributed by atoms with E-state index in [4.69, 9.17) is 5.73 Å². The third-order valence-corrected chi connectivity index (χ3v) is 2.37. The molecule has 0 aromatic rings. The van der Waals surface area contributed by atoms with Crippen LogP contribution in [0.15, 0.2) is 12.2 Å². The van der Waals surface area contributed by atoms with Crippen molar-refractivity contribution in [3.63, 3.8) is 0 Å². The molecule has 2 unspecified atom stereocenters. The van der Waals surface area contributed by atoms with E-state index in [2.05, 4.69) is 26.0 Å². The standard InChI is InChI=1S/C9H17N/c1-3-8(2)7-9(10)5-4-6-9/h4-5,8H,3,6-7,10H2,1-2H3. The Morgan fingerprint density at radius 2 is 2.30 bits per heavy atom. The number of hydrogen-bond acceptors (Lipinski definition) is 1. The van der Waals surface area contributed by atoms with Crippen molar-refractivity contribution in [2.24, 2.45) is 11.7 Å². The Hall–Kier alpha value is -0.300. The van der Waals surface area contributed by atoms with Crippen LogP contribution in [0.3, 0.4) is 0 Å². The topological polar surface area (TPSA) is 26.0 Å². The van der Waals surface area contributed by atoms with Crippen molar-refractivity contribution in [1.82, 2.24) is 0 Å². The molecule has 0 amide bonds. The van der Waals surface area contributed by atoms with E-state index in [9.17, 15) is 0 Å². The minimum Gasteiger partial charge on any atom is -0.322 e. The lowest BCUT2D eigenvalue weighted by molar-refractivity contribution is 0.363. The maximum absolute atomic E-state index is 5.99. The molecule has 0 saturated carbocycles. The van der Waals surface area contributed by atoms with Crippen LogP contribution in [0.2, 0.25) is 0 Å². The summed E-state index contributed by atoms with van der Waals surface area (Å²) in [5.74, 6) is 0.773. The van der Waals surface area contributed by atoms with Gasteiger partial charge in [0, 0.05) is 5.54 Å². The Morgan fingerprint density at radius 1 is 1.70 bits per heavy atom. The Balaban J connectivity index is 2.31. The van der Waals surface area contributed by atoms with Gasteiger partial charge in [0.25, 0.3) is 0 Å². The Morgan fingerprint density at radius 3 is 2.60 bits per heavy atom. The van der Waals surface area contributed by atoms with E-state index in [0.29, 0.717) is 0 Å². The van der Waals surface area contributed by atoms with Crippen molar-refractivity contribution in [2.45, 2.75) is 38.6 Å². The second-order valence-electron chi connectivity index (χ2n) is 3.56. The van der Waals surface area contributed by atoms with Crippen LogP contribution < -0.4 is 5.73 Å². The second-order valence-corrected chi connectivity index (χ2v) is 3.56. The zero-order valence-electron chi connectivity index (χ0n) is 6.93. The normalized spacial score (nSPS) is 33.5. The van der Waals surface area contributed by atoms with Gasteiger partial charge in [-0.05, 0) is 18.8 Å². The molecule has 0 bridgehead atoms. The maximum Gasteiger partial charge on any atom is 0.0376 e. The van der Waals surface area contributed by atoms with E-state index >= 15 is 0 Å². The van der Waals surface area contributed by atoms with E-state index in [-0.39, 0.29) is 5.54 Å². The van der Waals surface area contributed by atoms with Gasteiger partial charge in [0.2, 0.25) is 0 Å². The van der Waals surface area contributed by atoms with Crippen LogP contribution in [0.25, 0.3) is 0 Å². The SMILES string of the molecule is CCC(C)CC1(N)C=CC1. The van der Waals surface area contributed by atoms with Crippen LogP contribution in [0.4, 0.5) is 0 Å². The van der Waals surface area contributed by atoms with E-state index in [1.54, 1.807) is 0 Å². The quantitative estimate of drug-likeness (QED) is 0.595. The van der Waals surface area contributed by atoms with E-state index in [0.717, 1.165) is 18.8 Å². The highest BCUT2D eigenvalue weighted by Gasteiger charge is 2.27. The molecule has 58 valence electrons. The molecule has 2 atom stereocenters. The highest BCUT2D eigenvalue weighted by molar-refractivity contribution is 5.17. The first-order valence-corrected chi connectivity index (χ1v) is 4.13. The smallest absolute Gasteiger partial charge is 0.0376 e. The highest BCUT2D eigenvalue weighted by Crippen LogP contribution is 2.28. The van der Waals surface area contributed by atoms with Crippen molar-refractivity contribution in [1.29, 1.82) is 0 Å². The highest BCUT2D eigenvalue weighted by atomic mass is 14.7. The van der Waals surface area contributed by atoms with Crippen LogP contribution in [0, 0.1) is 5.92 Å². The Kier molecular flexibility index (Phi) is 2.14. The average Bonchev–Trinajstić information content (AvgIpc) is 1.84. The summed E-state index contributed by atoms with van der Waals surface area (Å²) in [5.41, 5.74) is 6.06. The van der Waals surface area contributed by atoms with Crippen molar-refractivity contribution in [3.05, 3.63) is 12.2 Å². The number of rotatable bonds is 3. The molecule has 10 heavy (non-hydrogen) atoms. The summed E-state index contributed by atoms with van der Waals surface area (Å²) in [5, 5.41) is 0. The molecular formula is C9H17N. The van der Waals surface area contributed by atoms with Crippen LogP contribution in [0.1, 0.15) is 33.1 Å². The van der Waals surface area contributed by atoms with Gasteiger partial charge >= 0.3 is 0 Å². The summed E-state index contributed by atoms with van der Waals surface area (Å²) in [4.78, 5) is 0. The summed E-state index contributed by atoms with van der Waals surface area (Å²) < 4.78 is 0. The van der Waals surface area contributed by atoms with Crippen LogP contribution >= 0.6 is 0 Å². The molecule has 1 aliphatic rings. The van der Waals surface area contributed by atoms with E-state index in [1.165, 1.54) is 6.42 Å². The predicted octanol–water partition coefficient (Wildman–Crippen LogP) is 2.08. The molecule has 0 spiro atoms. The molecule has 1 aliphatic carbocycles. The summed E-state index contributed by atoms with van der Waals surface area (Å²) in [6.45, 7) is 4.48. The molecular weight excluding hydrogens is 122 g/mol. The first-order chi connectivity index (χ1) is 4.66. The monoisotopic (exact) mass is 139 g/mol. The predicted molar refractivity (Wildman–Crippen MR) is 44.7 cm³/mol. The maximum atomic E-state index is 5.99. The van der Waals surface area contributed by atoms with Crippen LogP contribution in [0.5, 0.6) is 0 Å². The van der Waals surface area contributed by atoms with Crippen LogP contribution in [-0.4, -0.2) is 5.54 Å². The molecule has 1 rings (SSSR count). The fraction of sp³-hybridized carbons (Fsp3) is 0.778. The lowest BCUT2D eigenvalue weighted by Gasteiger charge is -2.33. The van der Waals surface area contributed by atoms with E-state index < -0.39 is 0 Å². The number of nitrogens with two attached hydrogens (primary N) is 1. The lowest BCUT2D eigenvalue weighted by Crippen LogP contribution is -2.43. The van der Waals surface area contributed by atoms with Gasteiger partial charge in [0.05, 0.1) is 0 Å². The molecule has 0 fully saturated rings. The largest absolute Gasteiger partial charge is 0.322 e. The summed E-state index contributed by atoms with van der Waals surface area (Å²) >= 11 is 0. The molecule has 0 aromatic heterocycles. The van der Waals surface area contributed by atoms with Gasteiger partial charge in [-0.25, -0.2) is 0 Å². The molecule has 1 nitrogen and oxygen atoms in total. The molecule has 2 N–H and O–H groups in total. The Labute approximate surface area is 63.3 Å². The first-order valence-electron chi connectivity index (χ1n) is 4.13. The van der Waals surface area contributed by atoms with Gasteiger partial charge in [0.15, 0.2) is 0 Å². The molecule has 0 aromatic carbocycles. The van der Waals surface area contributed by atoms with Gasteiger partial charge in [-0.15, -0.1) is 0 Å². The second kappa shape index (κ2) is 2.75. The van der Waals surface area contributed by atoms with E-state index in [1.807, 2.05) is 0 Å². The van der Waals surface area contributed by atoms with Crippen molar-refractivity contribution < 1.29 is 0 Å². The average molecular weight is 139 g/mol. The van der Waals surface area contributed by atoms with Gasteiger partial charge in [-0.3, -0.25) is 0 Å². The first kappa shape index (κ1) is 7.80. The Bertz CT molecular complexity index is 140. The number of hydrogen-bond donors (Lipinski definition) is 1. The minimum atomic E-state index is 0.0649. The zero-order valence-corrected chi connectivity index (χ0v) is 6.93. The zero-order chi connectivity index (χ0) is 7.61. The van der Waals surface area contributed by atoms with Gasteiger partial charge in [-0.1, -0.05) is 32.4 Å². The minimum absolute atomic E-state index is 0.0649. The fourth-order valence-corrected chi connectivity index (χ4v) is 1.37. The third kappa shape index (κ3) is 1.60. The molecule has 1 heteroatoms.